The molecule has 2 aromatic rings. The molecule has 1 aliphatic carbocycles. The maximum Gasteiger partial charge on any atom is 0.321 e. The highest BCUT2D eigenvalue weighted by Crippen LogP contribution is 2.34. The Morgan fingerprint density at radius 1 is 1.17 bits per heavy atom. The molecule has 1 amide bonds. The van der Waals surface area contributed by atoms with E-state index in [0.29, 0.717) is 29.0 Å². The second-order valence-corrected chi connectivity index (χ2v) is 7.86. The summed E-state index contributed by atoms with van der Waals surface area (Å²) in [6.45, 7) is -2.25. The summed E-state index contributed by atoms with van der Waals surface area (Å²) in [6.07, 6.45) is 5.84. The molecule has 1 N–H and O–H groups in total. The molecular formula is C22H25F2N3O3. The Bertz CT molecular complexity index is 957. The Kier molecular flexibility index (Phi) is 6.01. The van der Waals surface area contributed by atoms with Crippen LogP contribution in [0.5, 0.6) is 5.75 Å². The van der Waals surface area contributed by atoms with E-state index in [2.05, 4.69) is 5.32 Å². The number of nitrogens with one attached hydrogen (secondary N) is 1. The van der Waals surface area contributed by atoms with E-state index in [4.69, 9.17) is 4.74 Å². The van der Waals surface area contributed by atoms with E-state index < -0.39 is 18.2 Å². The van der Waals surface area contributed by atoms with Crippen LogP contribution in [0.1, 0.15) is 44.2 Å². The average molecular weight is 417 g/mol. The Morgan fingerprint density at radius 3 is 2.67 bits per heavy atom. The van der Waals surface area contributed by atoms with Gasteiger partial charge >= 0.3 is 6.55 Å². The molecule has 0 spiro atoms. The third kappa shape index (κ3) is 4.47. The second-order valence-electron chi connectivity index (χ2n) is 7.86. The van der Waals surface area contributed by atoms with Crippen LogP contribution in [0.15, 0.2) is 47.4 Å². The summed E-state index contributed by atoms with van der Waals surface area (Å²) in [5.41, 5.74) is 0.646. The molecule has 8 heteroatoms. The summed E-state index contributed by atoms with van der Waals surface area (Å²) < 4.78 is 32.0. The molecule has 1 saturated carbocycles. The van der Waals surface area contributed by atoms with E-state index in [1.54, 1.807) is 6.07 Å². The summed E-state index contributed by atoms with van der Waals surface area (Å²) in [7, 11) is 0. The zero-order valence-corrected chi connectivity index (χ0v) is 16.6. The van der Waals surface area contributed by atoms with Gasteiger partial charge in [0.05, 0.1) is 12.2 Å². The minimum atomic E-state index is -2.87. The molecule has 0 bridgehead atoms. The van der Waals surface area contributed by atoms with Crippen LogP contribution < -0.4 is 20.5 Å². The third-order valence-electron chi connectivity index (χ3n) is 5.70. The quantitative estimate of drug-likeness (QED) is 0.809. The smallest absolute Gasteiger partial charge is 0.321 e. The minimum Gasteiger partial charge on any atom is -0.477 e. The lowest BCUT2D eigenvalue weighted by atomic mass is 9.95. The SMILES string of the molecule is O=C(NC1CCCCC1)C1CN(Cc2ccn(C(F)F)c(=O)c2)c2ccccc2O1. The van der Waals surface area contributed by atoms with E-state index >= 15 is 0 Å². The molecular weight excluding hydrogens is 392 g/mol. The van der Waals surface area contributed by atoms with Crippen molar-refractivity contribution in [1.29, 1.82) is 0 Å². The number of benzene rings is 1. The van der Waals surface area contributed by atoms with Crippen LogP contribution in [0.25, 0.3) is 0 Å². The van der Waals surface area contributed by atoms with Crippen molar-refractivity contribution < 1.29 is 18.3 Å². The first-order chi connectivity index (χ1) is 14.5. The number of alkyl halides is 2. The molecule has 30 heavy (non-hydrogen) atoms. The summed E-state index contributed by atoms with van der Waals surface area (Å²) in [5.74, 6) is 0.447. The van der Waals surface area contributed by atoms with E-state index in [1.807, 2.05) is 23.1 Å². The molecule has 1 unspecified atom stereocenters. The maximum absolute atomic E-state index is 12.8. The van der Waals surface area contributed by atoms with Gasteiger partial charge in [-0.15, -0.1) is 0 Å². The van der Waals surface area contributed by atoms with Crippen molar-refractivity contribution in [3.05, 3.63) is 58.5 Å². The first kappa shape index (κ1) is 20.4. The van der Waals surface area contributed by atoms with E-state index in [9.17, 15) is 18.4 Å². The number of amides is 1. The molecule has 2 heterocycles. The number of carbonyl (C=O) groups excluding carboxylic acids is 1. The molecule has 1 fully saturated rings. The average Bonchev–Trinajstić information content (AvgIpc) is 2.74. The number of fused-ring (bicyclic) bond motifs is 1. The zero-order valence-electron chi connectivity index (χ0n) is 16.6. The largest absolute Gasteiger partial charge is 0.477 e. The highest BCUT2D eigenvalue weighted by atomic mass is 19.3. The van der Waals surface area contributed by atoms with E-state index in [1.165, 1.54) is 18.6 Å². The van der Waals surface area contributed by atoms with Crippen molar-refractivity contribution >= 4 is 11.6 Å². The molecule has 1 aliphatic heterocycles. The van der Waals surface area contributed by atoms with Gasteiger partial charge in [-0.2, -0.15) is 8.78 Å². The van der Waals surface area contributed by atoms with Gasteiger partial charge in [0.15, 0.2) is 6.10 Å². The van der Waals surface area contributed by atoms with Gasteiger partial charge in [-0.3, -0.25) is 14.2 Å². The van der Waals surface area contributed by atoms with Gasteiger partial charge in [-0.05, 0) is 36.6 Å². The first-order valence-corrected chi connectivity index (χ1v) is 10.3. The van der Waals surface area contributed by atoms with Gasteiger partial charge in [-0.1, -0.05) is 31.4 Å². The summed E-state index contributed by atoms with van der Waals surface area (Å²) in [5, 5.41) is 3.11. The Hall–Kier alpha value is -2.90. The van der Waals surface area contributed by atoms with Crippen molar-refractivity contribution in [3.8, 4) is 5.75 Å². The summed E-state index contributed by atoms with van der Waals surface area (Å²) >= 11 is 0. The Morgan fingerprint density at radius 2 is 1.93 bits per heavy atom. The number of pyridine rings is 1. The van der Waals surface area contributed by atoms with Gasteiger partial charge in [0.25, 0.3) is 11.5 Å². The van der Waals surface area contributed by atoms with Gasteiger partial charge < -0.3 is 15.0 Å². The monoisotopic (exact) mass is 417 g/mol. The van der Waals surface area contributed by atoms with Crippen molar-refractivity contribution in [1.82, 2.24) is 9.88 Å². The van der Waals surface area contributed by atoms with Gasteiger partial charge in [0.2, 0.25) is 0 Å². The van der Waals surface area contributed by atoms with Crippen LogP contribution in [0, 0.1) is 0 Å². The number of ether oxygens (including phenoxy) is 1. The predicted octanol–water partition coefficient (Wildman–Crippen LogP) is 3.46. The van der Waals surface area contributed by atoms with Crippen LogP contribution in [0.2, 0.25) is 0 Å². The number of anilines is 1. The second kappa shape index (κ2) is 8.85. The molecule has 0 saturated heterocycles. The third-order valence-corrected chi connectivity index (χ3v) is 5.70. The van der Waals surface area contributed by atoms with Crippen LogP contribution in [-0.4, -0.2) is 29.2 Å². The number of aromatic nitrogens is 1. The van der Waals surface area contributed by atoms with Crippen LogP contribution in [0.4, 0.5) is 14.5 Å². The van der Waals surface area contributed by atoms with Crippen LogP contribution >= 0.6 is 0 Å². The summed E-state index contributed by atoms with van der Waals surface area (Å²) in [6, 6.07) is 10.3. The highest BCUT2D eigenvalue weighted by Gasteiger charge is 2.32. The predicted molar refractivity (Wildman–Crippen MR) is 109 cm³/mol. The number of rotatable bonds is 5. The standard InChI is InChI=1S/C22H25F2N3O3/c23-22(24)27-11-10-15(12-20(27)28)13-26-14-19(30-18-9-5-4-8-17(18)26)21(29)25-16-6-2-1-3-7-16/h4-5,8-12,16,19,22H,1-3,6-7,13-14H2,(H,25,29). The van der Waals surface area contributed by atoms with E-state index in [-0.39, 0.29) is 11.9 Å². The topological polar surface area (TPSA) is 63.6 Å². The Balaban J connectivity index is 1.52. The molecule has 1 aromatic carbocycles. The van der Waals surface area contributed by atoms with E-state index in [0.717, 1.165) is 37.6 Å². The van der Waals surface area contributed by atoms with Crippen molar-refractivity contribution in [2.45, 2.75) is 57.3 Å². The van der Waals surface area contributed by atoms with Crippen molar-refractivity contribution in [2.24, 2.45) is 0 Å². The van der Waals surface area contributed by atoms with Crippen LogP contribution in [-0.2, 0) is 11.3 Å². The normalized spacial score (nSPS) is 19.3. The fraction of sp³-hybridized carbons (Fsp3) is 0.455. The number of hydrogen-bond acceptors (Lipinski definition) is 4. The number of carbonyl (C=O) groups is 1. The van der Waals surface area contributed by atoms with Gasteiger partial charge in [0, 0.05) is 24.8 Å². The van der Waals surface area contributed by atoms with Gasteiger partial charge in [0.1, 0.15) is 5.75 Å². The summed E-state index contributed by atoms with van der Waals surface area (Å²) in [4.78, 5) is 26.7. The maximum atomic E-state index is 12.8. The molecule has 0 radical (unpaired) electrons. The van der Waals surface area contributed by atoms with Crippen molar-refractivity contribution in [2.75, 3.05) is 11.4 Å². The molecule has 4 rings (SSSR count). The molecule has 2 aliphatic rings. The Labute approximate surface area is 173 Å². The number of para-hydroxylation sites is 2. The molecule has 1 atom stereocenters. The zero-order chi connectivity index (χ0) is 21.1. The van der Waals surface area contributed by atoms with Crippen LogP contribution in [0.3, 0.4) is 0 Å². The lowest BCUT2D eigenvalue weighted by Crippen LogP contribution is -2.51. The number of halogens is 2. The molecule has 6 nitrogen and oxygen atoms in total. The number of nitrogens with zero attached hydrogens (tertiary/aromatic N) is 2. The highest BCUT2D eigenvalue weighted by molar-refractivity contribution is 5.83. The lowest BCUT2D eigenvalue weighted by Gasteiger charge is -2.36. The van der Waals surface area contributed by atoms with Gasteiger partial charge in [-0.25, -0.2) is 0 Å². The molecule has 1 aromatic heterocycles. The minimum absolute atomic E-state index is 0.144. The number of hydrogen-bond donors (Lipinski definition) is 1. The molecule has 160 valence electrons. The van der Waals surface area contributed by atoms with Crippen molar-refractivity contribution in [3.63, 3.8) is 0 Å². The fourth-order valence-corrected chi connectivity index (χ4v) is 4.15. The fourth-order valence-electron chi connectivity index (χ4n) is 4.15. The lowest BCUT2D eigenvalue weighted by molar-refractivity contribution is -0.128. The first-order valence-electron chi connectivity index (χ1n) is 10.3.